The van der Waals surface area contributed by atoms with E-state index in [-0.39, 0.29) is 11.3 Å². The fourth-order valence-corrected chi connectivity index (χ4v) is 2.14. The van der Waals surface area contributed by atoms with Gasteiger partial charge in [0.2, 0.25) is 0 Å². The number of rotatable bonds is 6. The molecule has 0 bridgehead atoms. The molecule has 0 radical (unpaired) electrons. The third kappa shape index (κ3) is 5.95. The fourth-order valence-electron chi connectivity index (χ4n) is 2.14. The van der Waals surface area contributed by atoms with E-state index in [9.17, 15) is 22.8 Å². The summed E-state index contributed by atoms with van der Waals surface area (Å²) < 4.78 is 39.2. The molecule has 0 fully saturated rings. The van der Waals surface area contributed by atoms with Crippen LogP contribution in [0.4, 0.5) is 24.5 Å². The summed E-state index contributed by atoms with van der Waals surface area (Å²) in [7, 11) is 0. The first-order valence-corrected chi connectivity index (χ1v) is 7.72. The van der Waals surface area contributed by atoms with Gasteiger partial charge >= 0.3 is 12.1 Å². The van der Waals surface area contributed by atoms with Crippen molar-refractivity contribution in [1.82, 2.24) is 5.43 Å². The molecule has 146 valence electrons. The van der Waals surface area contributed by atoms with Crippen molar-refractivity contribution < 1.29 is 27.9 Å². The summed E-state index contributed by atoms with van der Waals surface area (Å²) in [5.74, 6) is 3.14. The van der Waals surface area contributed by atoms with Crippen LogP contribution in [0, 0.1) is 0 Å². The monoisotopic (exact) mass is 392 g/mol. The summed E-state index contributed by atoms with van der Waals surface area (Å²) in [5.41, 5.74) is 1.59. The highest BCUT2D eigenvalue weighted by Gasteiger charge is 2.31. The summed E-state index contributed by atoms with van der Waals surface area (Å²) in [6.07, 6.45) is -1.36. The molecule has 0 unspecified atom stereocenters. The number of benzene rings is 2. The van der Waals surface area contributed by atoms with Crippen LogP contribution in [0.1, 0.15) is 21.5 Å². The van der Waals surface area contributed by atoms with Crippen LogP contribution >= 0.6 is 0 Å². The Morgan fingerprint density at radius 2 is 1.79 bits per heavy atom. The van der Waals surface area contributed by atoms with Gasteiger partial charge in [-0.1, -0.05) is 12.1 Å². The van der Waals surface area contributed by atoms with Crippen molar-refractivity contribution in [2.45, 2.75) is 6.18 Å². The molecule has 2 aromatic rings. The number of alkyl halides is 3. The largest absolute Gasteiger partial charge is 0.478 e. The number of hydrazine groups is 1. The van der Waals surface area contributed by atoms with Gasteiger partial charge in [0.25, 0.3) is 5.91 Å². The lowest BCUT2D eigenvalue weighted by Crippen LogP contribution is -2.18. The van der Waals surface area contributed by atoms with Crippen molar-refractivity contribution in [2.24, 2.45) is 10.8 Å². The minimum Gasteiger partial charge on any atom is -0.478 e. The molecule has 0 spiro atoms. The average Bonchev–Trinajstić information content (AvgIpc) is 2.64. The number of carboxylic acid groups (broad SMARTS) is 1. The minimum atomic E-state index is -4.66. The molecule has 10 heteroatoms. The van der Waals surface area contributed by atoms with E-state index in [1.54, 1.807) is 12.1 Å². The molecule has 7 nitrogen and oxygen atoms in total. The zero-order valence-electron chi connectivity index (χ0n) is 14.2. The maximum Gasteiger partial charge on any atom is 0.416 e. The van der Waals surface area contributed by atoms with E-state index in [1.165, 1.54) is 24.3 Å². The Hall–Kier alpha value is -3.66. The van der Waals surface area contributed by atoms with Gasteiger partial charge in [-0.25, -0.2) is 15.6 Å². The summed E-state index contributed by atoms with van der Waals surface area (Å²) in [4.78, 5) is 26.5. The molecule has 0 aromatic heterocycles. The van der Waals surface area contributed by atoms with Crippen molar-refractivity contribution >= 4 is 35.7 Å². The topological polar surface area (TPSA) is 117 Å². The molecule has 0 atom stereocenters. The highest BCUT2D eigenvalue weighted by atomic mass is 19.4. The standard InChI is InChI=1S/C18H15F3N4O3/c19-18(20,21)13-7-12(8-15(9-13)23-10-24-22)17(28)25-14-4-1-11(2-5-14)3-6-16(26)27/h1-10H,22H2,(H,23,24)(H,25,28)(H,26,27). The van der Waals surface area contributed by atoms with Gasteiger partial charge in [0.05, 0.1) is 11.3 Å². The van der Waals surface area contributed by atoms with Crippen molar-refractivity contribution in [2.75, 3.05) is 5.32 Å². The van der Waals surface area contributed by atoms with Gasteiger partial charge in [0.15, 0.2) is 0 Å². The number of carbonyl (C=O) groups excluding carboxylic acids is 1. The lowest BCUT2D eigenvalue weighted by Gasteiger charge is -2.11. The Morgan fingerprint density at radius 1 is 1.11 bits per heavy atom. The molecule has 28 heavy (non-hydrogen) atoms. The maximum atomic E-state index is 13.1. The molecule has 0 saturated heterocycles. The number of hydrogen-bond donors (Lipinski definition) is 4. The molecular formula is C18H15F3N4O3. The van der Waals surface area contributed by atoms with Crippen LogP contribution in [0.15, 0.2) is 53.5 Å². The molecule has 0 aliphatic carbocycles. The van der Waals surface area contributed by atoms with Crippen LogP contribution in [-0.2, 0) is 11.0 Å². The summed E-state index contributed by atoms with van der Waals surface area (Å²) in [6.45, 7) is 0. The van der Waals surface area contributed by atoms with Crippen molar-refractivity contribution in [1.29, 1.82) is 0 Å². The molecule has 0 saturated carbocycles. The number of hydrogen-bond acceptors (Lipinski definition) is 4. The molecule has 0 aliphatic heterocycles. The number of halogens is 3. The Balaban J connectivity index is 2.25. The highest BCUT2D eigenvalue weighted by molar-refractivity contribution is 6.05. The van der Waals surface area contributed by atoms with Crippen LogP contribution in [0.5, 0.6) is 0 Å². The third-order valence-electron chi connectivity index (χ3n) is 3.38. The highest BCUT2D eigenvalue weighted by Crippen LogP contribution is 2.33. The first kappa shape index (κ1) is 20.6. The molecule has 2 rings (SSSR count). The molecule has 5 N–H and O–H groups in total. The maximum absolute atomic E-state index is 13.1. The third-order valence-corrected chi connectivity index (χ3v) is 3.38. The number of aliphatic carboxylic acids is 1. The van der Waals surface area contributed by atoms with E-state index in [4.69, 9.17) is 10.9 Å². The van der Waals surface area contributed by atoms with Gasteiger partial charge in [-0.3, -0.25) is 4.79 Å². The van der Waals surface area contributed by atoms with Gasteiger partial charge in [0, 0.05) is 17.3 Å². The van der Waals surface area contributed by atoms with E-state index >= 15 is 0 Å². The molecule has 2 aromatic carbocycles. The first-order valence-electron chi connectivity index (χ1n) is 7.72. The van der Waals surface area contributed by atoms with Crippen LogP contribution in [0.2, 0.25) is 0 Å². The second kappa shape index (κ2) is 8.82. The number of carbonyl (C=O) groups is 2. The van der Waals surface area contributed by atoms with Crippen molar-refractivity contribution in [3.05, 3.63) is 65.2 Å². The number of nitrogens with two attached hydrogens (primary N) is 1. The smallest absolute Gasteiger partial charge is 0.416 e. The Bertz CT molecular complexity index is 923. The van der Waals surface area contributed by atoms with Gasteiger partial charge < -0.3 is 15.8 Å². The van der Waals surface area contributed by atoms with Crippen molar-refractivity contribution in [3.8, 4) is 0 Å². The van der Waals surface area contributed by atoms with Crippen LogP contribution in [0.25, 0.3) is 6.08 Å². The molecule has 0 aliphatic rings. The predicted molar refractivity (Wildman–Crippen MR) is 98.0 cm³/mol. The van der Waals surface area contributed by atoms with Crippen LogP contribution in [0.3, 0.4) is 0 Å². The molecule has 0 heterocycles. The van der Waals surface area contributed by atoms with Crippen LogP contribution in [-0.4, -0.2) is 23.3 Å². The average molecular weight is 392 g/mol. The SMILES string of the molecule is NNC=Nc1cc(C(=O)Nc2ccc(C=CC(=O)O)cc2)cc(C(F)(F)F)c1. The van der Waals surface area contributed by atoms with Gasteiger partial charge in [-0.05, 0) is 42.0 Å². The zero-order valence-corrected chi connectivity index (χ0v) is 14.2. The first-order chi connectivity index (χ1) is 13.2. The number of carboxylic acids is 1. The van der Waals surface area contributed by atoms with E-state index < -0.39 is 23.6 Å². The summed E-state index contributed by atoms with van der Waals surface area (Å²) in [6, 6.07) is 8.76. The normalized spacial score (nSPS) is 11.7. The van der Waals surface area contributed by atoms with Crippen LogP contribution < -0.4 is 16.6 Å². The van der Waals surface area contributed by atoms with Gasteiger partial charge in [-0.2, -0.15) is 13.2 Å². The zero-order chi connectivity index (χ0) is 20.7. The fraction of sp³-hybridized carbons (Fsp3) is 0.0556. The Labute approximate surface area is 157 Å². The number of nitrogens with zero attached hydrogens (tertiary/aromatic N) is 1. The predicted octanol–water partition coefficient (Wildman–Crippen LogP) is 3.18. The van der Waals surface area contributed by atoms with E-state index in [0.717, 1.165) is 18.5 Å². The Kier molecular flexibility index (Phi) is 6.51. The second-order valence-electron chi connectivity index (χ2n) is 5.44. The second-order valence-corrected chi connectivity index (χ2v) is 5.44. The lowest BCUT2D eigenvalue weighted by molar-refractivity contribution is -0.137. The molecular weight excluding hydrogens is 377 g/mol. The minimum absolute atomic E-state index is 0.105. The van der Waals surface area contributed by atoms with E-state index in [2.05, 4.69) is 15.7 Å². The number of anilines is 1. The summed E-state index contributed by atoms with van der Waals surface area (Å²) in [5, 5.41) is 11.1. The quantitative estimate of drug-likeness (QED) is 0.198. The van der Waals surface area contributed by atoms with Gasteiger partial charge in [0.1, 0.15) is 6.34 Å². The van der Waals surface area contributed by atoms with Crippen molar-refractivity contribution in [3.63, 3.8) is 0 Å². The summed E-state index contributed by atoms with van der Waals surface area (Å²) >= 11 is 0. The Morgan fingerprint density at radius 3 is 2.36 bits per heavy atom. The number of aliphatic imine (C=N–C) groups is 1. The lowest BCUT2D eigenvalue weighted by atomic mass is 10.1. The number of nitrogens with one attached hydrogen (secondary N) is 2. The molecule has 1 amide bonds. The van der Waals surface area contributed by atoms with Gasteiger partial charge in [-0.15, -0.1) is 0 Å². The van der Waals surface area contributed by atoms with E-state index in [0.29, 0.717) is 17.3 Å². The number of amides is 1. The van der Waals surface area contributed by atoms with E-state index in [1.807, 2.05) is 0 Å².